The van der Waals surface area contributed by atoms with Crippen molar-refractivity contribution in [2.24, 2.45) is 0 Å². The Bertz CT molecular complexity index is 1010. The highest BCUT2D eigenvalue weighted by atomic mass is 35.5. The number of para-hydroxylation sites is 1. The van der Waals surface area contributed by atoms with Crippen LogP contribution in [0.3, 0.4) is 0 Å². The molecule has 7 heteroatoms. The molecule has 0 bridgehead atoms. The standard InChI is InChI=1S/C22H24ClN5O/c23-16-7-5-15(6-8-16)20-13-21(26-25-20)27-9-11-28(12-10-27)22(29)18-14-24-19-4-2-1-3-17(18)19/h1-8,14,20-21,24-26H,9-13H2. The van der Waals surface area contributed by atoms with E-state index < -0.39 is 0 Å². The van der Waals surface area contributed by atoms with Gasteiger partial charge in [0.15, 0.2) is 0 Å². The van der Waals surface area contributed by atoms with Crippen molar-refractivity contribution in [1.82, 2.24) is 25.6 Å². The first-order valence-corrected chi connectivity index (χ1v) is 10.4. The van der Waals surface area contributed by atoms with Gasteiger partial charge in [0, 0.05) is 54.3 Å². The highest BCUT2D eigenvalue weighted by molar-refractivity contribution is 6.30. The number of nitrogens with one attached hydrogen (secondary N) is 3. The van der Waals surface area contributed by atoms with Gasteiger partial charge in [-0.05, 0) is 30.2 Å². The Labute approximate surface area is 174 Å². The number of hydrogen-bond acceptors (Lipinski definition) is 4. The summed E-state index contributed by atoms with van der Waals surface area (Å²) in [4.78, 5) is 20.6. The predicted octanol–water partition coefficient (Wildman–Crippen LogP) is 3.14. The van der Waals surface area contributed by atoms with E-state index in [9.17, 15) is 4.79 Å². The van der Waals surface area contributed by atoms with Gasteiger partial charge in [0.25, 0.3) is 5.91 Å². The highest BCUT2D eigenvalue weighted by Crippen LogP contribution is 2.26. The molecule has 0 saturated carbocycles. The van der Waals surface area contributed by atoms with Crippen LogP contribution in [0.5, 0.6) is 0 Å². The van der Waals surface area contributed by atoms with Crippen LogP contribution in [-0.4, -0.2) is 53.0 Å². The number of benzene rings is 2. The summed E-state index contributed by atoms with van der Waals surface area (Å²) in [6, 6.07) is 16.2. The lowest BCUT2D eigenvalue weighted by atomic mass is 10.0. The first-order chi connectivity index (χ1) is 14.2. The van der Waals surface area contributed by atoms with Gasteiger partial charge in [-0.2, -0.15) is 0 Å². The highest BCUT2D eigenvalue weighted by Gasteiger charge is 2.32. The molecule has 2 fully saturated rings. The second-order valence-corrected chi connectivity index (χ2v) is 8.16. The van der Waals surface area contributed by atoms with E-state index in [1.54, 1.807) is 0 Å². The molecule has 3 aromatic rings. The lowest BCUT2D eigenvalue weighted by Crippen LogP contribution is -2.55. The van der Waals surface area contributed by atoms with Crippen LogP contribution in [0.4, 0.5) is 0 Å². The molecule has 2 saturated heterocycles. The summed E-state index contributed by atoms with van der Waals surface area (Å²) in [5.74, 6) is 0.110. The number of carbonyl (C=O) groups is 1. The minimum absolute atomic E-state index is 0.110. The molecule has 150 valence electrons. The molecule has 5 rings (SSSR count). The summed E-state index contributed by atoms with van der Waals surface area (Å²) < 4.78 is 0. The van der Waals surface area contributed by atoms with Crippen molar-refractivity contribution in [3.05, 3.63) is 70.9 Å². The van der Waals surface area contributed by atoms with Gasteiger partial charge in [-0.25, -0.2) is 10.9 Å². The molecule has 0 spiro atoms. The molecule has 2 unspecified atom stereocenters. The van der Waals surface area contributed by atoms with Crippen LogP contribution in [0.15, 0.2) is 54.7 Å². The van der Waals surface area contributed by atoms with E-state index in [0.717, 1.165) is 54.1 Å². The van der Waals surface area contributed by atoms with Crippen LogP contribution >= 0.6 is 11.6 Å². The number of halogens is 1. The van der Waals surface area contributed by atoms with Crippen molar-refractivity contribution in [3.8, 4) is 0 Å². The predicted molar refractivity (Wildman–Crippen MR) is 115 cm³/mol. The van der Waals surface area contributed by atoms with Crippen molar-refractivity contribution < 1.29 is 4.79 Å². The number of piperazine rings is 1. The number of fused-ring (bicyclic) bond motifs is 1. The second kappa shape index (κ2) is 7.80. The molecule has 29 heavy (non-hydrogen) atoms. The normalized spacial score (nSPS) is 23.0. The molecular weight excluding hydrogens is 386 g/mol. The van der Waals surface area contributed by atoms with Gasteiger partial charge in [0.1, 0.15) is 0 Å². The fraction of sp³-hybridized carbons (Fsp3) is 0.318. The Kier molecular flexibility index (Phi) is 5.01. The molecule has 1 amide bonds. The molecule has 0 aliphatic carbocycles. The first-order valence-electron chi connectivity index (χ1n) is 10.0. The summed E-state index contributed by atoms with van der Waals surface area (Å²) in [5, 5.41) is 1.75. The largest absolute Gasteiger partial charge is 0.360 e. The molecule has 0 radical (unpaired) electrons. The second-order valence-electron chi connectivity index (χ2n) is 7.72. The topological polar surface area (TPSA) is 63.4 Å². The summed E-state index contributed by atoms with van der Waals surface area (Å²) in [6.45, 7) is 3.20. The Morgan fingerprint density at radius 2 is 1.72 bits per heavy atom. The quantitative estimate of drug-likeness (QED) is 0.622. The van der Waals surface area contributed by atoms with Crippen LogP contribution in [0.25, 0.3) is 10.9 Å². The number of hydrazine groups is 1. The van der Waals surface area contributed by atoms with Gasteiger partial charge in [-0.15, -0.1) is 0 Å². The van der Waals surface area contributed by atoms with Crippen molar-refractivity contribution in [2.45, 2.75) is 18.6 Å². The van der Waals surface area contributed by atoms with E-state index in [1.807, 2.05) is 47.5 Å². The van der Waals surface area contributed by atoms with Gasteiger partial charge in [0.2, 0.25) is 0 Å². The summed E-state index contributed by atoms with van der Waals surface area (Å²) >= 11 is 6.00. The zero-order chi connectivity index (χ0) is 19.8. The number of rotatable bonds is 3. The van der Waals surface area contributed by atoms with Crippen molar-refractivity contribution in [3.63, 3.8) is 0 Å². The maximum atomic E-state index is 13.0. The number of aromatic nitrogens is 1. The van der Waals surface area contributed by atoms with Gasteiger partial charge in [-0.3, -0.25) is 9.69 Å². The Hall–Kier alpha value is -2.38. The number of hydrogen-bond donors (Lipinski definition) is 3. The van der Waals surface area contributed by atoms with Gasteiger partial charge >= 0.3 is 0 Å². The van der Waals surface area contributed by atoms with Crippen molar-refractivity contribution in [2.75, 3.05) is 26.2 Å². The fourth-order valence-corrected chi connectivity index (χ4v) is 4.47. The average Bonchev–Trinajstić information content (AvgIpc) is 3.42. The SMILES string of the molecule is O=C(c1c[nH]c2ccccc12)N1CCN(C2CC(c3ccc(Cl)cc3)NN2)CC1. The minimum Gasteiger partial charge on any atom is -0.360 e. The Morgan fingerprint density at radius 1 is 0.966 bits per heavy atom. The third-order valence-electron chi connectivity index (χ3n) is 6.02. The summed E-state index contributed by atoms with van der Waals surface area (Å²) in [5.41, 5.74) is 9.82. The van der Waals surface area contributed by atoms with Crippen molar-refractivity contribution in [1.29, 1.82) is 0 Å². The molecule has 6 nitrogen and oxygen atoms in total. The molecule has 2 aromatic carbocycles. The van der Waals surface area contributed by atoms with Gasteiger partial charge in [-0.1, -0.05) is 41.9 Å². The lowest BCUT2D eigenvalue weighted by Gasteiger charge is -2.37. The van der Waals surface area contributed by atoms with Crippen LogP contribution in [0.2, 0.25) is 5.02 Å². The van der Waals surface area contributed by atoms with Gasteiger partial charge < -0.3 is 9.88 Å². The molecule has 3 heterocycles. The number of carbonyl (C=O) groups excluding carboxylic acids is 1. The van der Waals surface area contributed by atoms with Crippen LogP contribution in [-0.2, 0) is 0 Å². The van der Waals surface area contributed by atoms with E-state index in [-0.39, 0.29) is 18.1 Å². The number of aromatic amines is 1. The monoisotopic (exact) mass is 409 g/mol. The molecule has 2 atom stereocenters. The van der Waals surface area contributed by atoms with Crippen LogP contribution in [0.1, 0.15) is 28.4 Å². The lowest BCUT2D eigenvalue weighted by molar-refractivity contribution is 0.0546. The summed E-state index contributed by atoms with van der Waals surface area (Å²) in [7, 11) is 0. The van der Waals surface area contributed by atoms with E-state index in [0.29, 0.717) is 0 Å². The Balaban J connectivity index is 1.20. The zero-order valence-electron chi connectivity index (χ0n) is 16.1. The van der Waals surface area contributed by atoms with E-state index in [2.05, 4.69) is 32.9 Å². The summed E-state index contributed by atoms with van der Waals surface area (Å²) in [6.07, 6.45) is 3.08. The van der Waals surface area contributed by atoms with E-state index in [1.165, 1.54) is 5.56 Å². The van der Waals surface area contributed by atoms with E-state index in [4.69, 9.17) is 11.6 Å². The maximum absolute atomic E-state index is 13.0. The van der Waals surface area contributed by atoms with Gasteiger partial charge in [0.05, 0.1) is 11.7 Å². The van der Waals surface area contributed by atoms with Crippen molar-refractivity contribution >= 4 is 28.4 Å². The Morgan fingerprint density at radius 3 is 2.52 bits per heavy atom. The molecule has 1 aromatic heterocycles. The fourth-order valence-electron chi connectivity index (χ4n) is 4.35. The molecule has 2 aliphatic rings. The molecular formula is C22H24ClN5O. The first kappa shape index (κ1) is 18.6. The minimum atomic E-state index is 0.110. The smallest absolute Gasteiger partial charge is 0.256 e. The maximum Gasteiger partial charge on any atom is 0.256 e. The third kappa shape index (κ3) is 3.65. The third-order valence-corrected chi connectivity index (χ3v) is 6.27. The zero-order valence-corrected chi connectivity index (χ0v) is 16.8. The number of H-pyrrole nitrogens is 1. The van der Waals surface area contributed by atoms with E-state index >= 15 is 0 Å². The molecule has 3 N–H and O–H groups in total. The number of amides is 1. The average molecular weight is 410 g/mol. The molecule has 2 aliphatic heterocycles. The number of nitrogens with zero attached hydrogens (tertiary/aromatic N) is 2. The van der Waals surface area contributed by atoms with Crippen LogP contribution in [0, 0.1) is 0 Å². The van der Waals surface area contributed by atoms with Crippen LogP contribution < -0.4 is 10.9 Å².